The van der Waals surface area contributed by atoms with E-state index in [1.165, 1.54) is 31.9 Å². The van der Waals surface area contributed by atoms with E-state index in [9.17, 15) is 9.59 Å². The minimum atomic E-state index is -0.281. The van der Waals surface area contributed by atoms with Gasteiger partial charge in [0.2, 0.25) is 5.91 Å². The summed E-state index contributed by atoms with van der Waals surface area (Å²) >= 11 is 5.15. The van der Waals surface area contributed by atoms with E-state index in [0.29, 0.717) is 30.2 Å². The minimum Gasteiger partial charge on any atom is -0.487 e. The zero-order valence-electron chi connectivity index (χ0n) is 24.1. The molecule has 218 valence electrons. The van der Waals surface area contributed by atoms with Crippen LogP contribution in [0.3, 0.4) is 0 Å². The third-order valence-corrected chi connectivity index (χ3v) is 11.7. The van der Waals surface area contributed by atoms with Gasteiger partial charge in [0, 0.05) is 63.4 Å². The molecular weight excluding hydrogens is 600 g/mol. The lowest BCUT2D eigenvalue weighted by molar-refractivity contribution is -0.139. The van der Waals surface area contributed by atoms with Crippen LogP contribution in [-0.2, 0) is 21.4 Å². The molecule has 6 nitrogen and oxygen atoms in total. The molecule has 2 saturated carbocycles. The smallest absolute Gasteiger partial charge is 0.308 e. The number of esters is 1. The first-order valence-electron chi connectivity index (χ1n) is 15.2. The van der Waals surface area contributed by atoms with Gasteiger partial charge in [-0.2, -0.15) is 0 Å². The van der Waals surface area contributed by atoms with Crippen molar-refractivity contribution < 1.29 is 19.1 Å². The van der Waals surface area contributed by atoms with Crippen LogP contribution in [0.1, 0.15) is 68.9 Å². The number of amides is 1. The Morgan fingerprint density at radius 2 is 2.10 bits per heavy atom. The van der Waals surface area contributed by atoms with Gasteiger partial charge in [-0.1, -0.05) is 13.8 Å². The van der Waals surface area contributed by atoms with Gasteiger partial charge in [-0.3, -0.25) is 14.5 Å². The van der Waals surface area contributed by atoms with Crippen molar-refractivity contribution in [1.82, 2.24) is 9.80 Å². The number of rotatable bonds is 8. The fraction of sp³-hybridized carbons (Fsp3) is 0.576. The van der Waals surface area contributed by atoms with Crippen LogP contribution in [0, 0.1) is 17.8 Å². The fourth-order valence-electron chi connectivity index (χ4n) is 8.47. The van der Waals surface area contributed by atoms with Gasteiger partial charge in [0.1, 0.15) is 17.6 Å². The molecule has 0 N–H and O–H groups in total. The van der Waals surface area contributed by atoms with Crippen molar-refractivity contribution in [2.24, 2.45) is 17.8 Å². The van der Waals surface area contributed by atoms with Gasteiger partial charge in [-0.25, -0.2) is 0 Å². The van der Waals surface area contributed by atoms with E-state index >= 15 is 0 Å². The molecule has 5 atom stereocenters. The van der Waals surface area contributed by atoms with Crippen LogP contribution >= 0.6 is 27.3 Å². The number of ether oxygens (including phenoxy) is 2. The summed E-state index contributed by atoms with van der Waals surface area (Å²) in [6.07, 6.45) is 10.2. The average Bonchev–Trinajstić information content (AvgIpc) is 3.55. The molecule has 1 spiro atoms. The summed E-state index contributed by atoms with van der Waals surface area (Å²) in [6.45, 7) is 8.79. The second-order valence-corrected chi connectivity index (χ2v) is 15.0. The first-order valence-corrected chi connectivity index (χ1v) is 16.9. The molecule has 1 aromatic heterocycles. The molecule has 7 rings (SSSR count). The minimum absolute atomic E-state index is 0.00738. The Morgan fingerprint density at radius 3 is 2.80 bits per heavy atom. The van der Waals surface area contributed by atoms with Gasteiger partial charge in [0.15, 0.2) is 0 Å². The van der Waals surface area contributed by atoms with E-state index in [0.717, 1.165) is 58.8 Å². The fourth-order valence-corrected chi connectivity index (χ4v) is 9.81. The SMILES string of the molecule is CC(=O)Oc1ccc2c3c1C[C@@H]1[C@@H]4CC[C@@H](N(CC(C)C)C(=O)/C=C/c5cc(Br)cs5)[C@H](O2)[C@]34CCN1CC1CC1. The van der Waals surface area contributed by atoms with E-state index in [1.807, 2.05) is 29.7 Å². The molecule has 2 aliphatic heterocycles. The van der Waals surface area contributed by atoms with Crippen molar-refractivity contribution in [2.75, 3.05) is 19.6 Å². The van der Waals surface area contributed by atoms with Gasteiger partial charge < -0.3 is 14.4 Å². The monoisotopic (exact) mass is 638 g/mol. The van der Waals surface area contributed by atoms with Gasteiger partial charge in [0.05, 0.1) is 6.04 Å². The molecule has 1 aromatic carbocycles. The molecule has 2 aromatic rings. The maximum absolute atomic E-state index is 13.9. The molecule has 3 heterocycles. The van der Waals surface area contributed by atoms with Gasteiger partial charge in [-0.15, -0.1) is 11.3 Å². The number of hydrogen-bond acceptors (Lipinski definition) is 6. The molecule has 2 bridgehead atoms. The van der Waals surface area contributed by atoms with E-state index in [2.05, 4.69) is 39.6 Å². The zero-order chi connectivity index (χ0) is 28.5. The number of carbonyl (C=O) groups is 2. The first-order chi connectivity index (χ1) is 19.7. The van der Waals surface area contributed by atoms with Gasteiger partial charge in [0.25, 0.3) is 0 Å². The van der Waals surface area contributed by atoms with Crippen LogP contribution in [0.15, 0.2) is 34.1 Å². The number of likely N-dealkylation sites (tertiary alicyclic amines) is 1. The van der Waals surface area contributed by atoms with Crippen LogP contribution < -0.4 is 9.47 Å². The Hall–Kier alpha value is -2.16. The summed E-state index contributed by atoms with van der Waals surface area (Å²) in [5, 5.41) is 2.04. The molecule has 5 aliphatic rings. The molecule has 3 fully saturated rings. The van der Waals surface area contributed by atoms with Crippen molar-refractivity contribution in [3.8, 4) is 11.5 Å². The highest BCUT2D eigenvalue weighted by Crippen LogP contribution is 2.64. The second-order valence-electron chi connectivity index (χ2n) is 13.2. The van der Waals surface area contributed by atoms with Gasteiger partial charge in [-0.05, 0) is 103 Å². The molecule has 0 unspecified atom stereocenters. The summed E-state index contributed by atoms with van der Waals surface area (Å²) in [5.74, 6) is 3.05. The summed E-state index contributed by atoms with van der Waals surface area (Å²) in [5.41, 5.74) is 2.27. The number of nitrogens with zero attached hydrogens (tertiary/aromatic N) is 2. The predicted molar refractivity (Wildman–Crippen MR) is 164 cm³/mol. The Kier molecular flexibility index (Phi) is 7.10. The third-order valence-electron chi connectivity index (χ3n) is 10.1. The second kappa shape index (κ2) is 10.5. The van der Waals surface area contributed by atoms with E-state index in [-0.39, 0.29) is 29.4 Å². The maximum Gasteiger partial charge on any atom is 0.308 e. The number of carbonyl (C=O) groups excluding carboxylic acids is 2. The van der Waals surface area contributed by atoms with Crippen molar-refractivity contribution in [3.05, 3.63) is 50.1 Å². The summed E-state index contributed by atoms with van der Waals surface area (Å²) in [4.78, 5) is 31.9. The summed E-state index contributed by atoms with van der Waals surface area (Å²) < 4.78 is 13.8. The molecule has 41 heavy (non-hydrogen) atoms. The lowest BCUT2D eigenvalue weighted by atomic mass is 9.50. The van der Waals surface area contributed by atoms with Crippen LogP contribution in [0.2, 0.25) is 0 Å². The lowest BCUT2D eigenvalue weighted by Crippen LogP contribution is -2.69. The normalized spacial score (nSPS) is 29.9. The molecule has 1 amide bonds. The Bertz CT molecular complexity index is 1400. The molecule has 1 saturated heterocycles. The van der Waals surface area contributed by atoms with Crippen LogP contribution in [0.5, 0.6) is 11.5 Å². The van der Waals surface area contributed by atoms with E-state index in [4.69, 9.17) is 9.47 Å². The largest absolute Gasteiger partial charge is 0.487 e. The molecule has 3 aliphatic carbocycles. The number of thiophene rings is 1. The first kappa shape index (κ1) is 27.7. The lowest BCUT2D eigenvalue weighted by Gasteiger charge is -2.60. The third kappa shape index (κ3) is 4.78. The van der Waals surface area contributed by atoms with E-state index in [1.54, 1.807) is 17.4 Å². The van der Waals surface area contributed by atoms with Crippen LogP contribution in [0.25, 0.3) is 6.08 Å². The summed E-state index contributed by atoms with van der Waals surface area (Å²) in [6, 6.07) is 6.39. The number of hydrogen-bond donors (Lipinski definition) is 0. The Balaban J connectivity index is 1.28. The topological polar surface area (TPSA) is 59.1 Å². The predicted octanol–water partition coefficient (Wildman–Crippen LogP) is 6.45. The molecule has 0 radical (unpaired) electrons. The number of piperidine rings is 1. The van der Waals surface area contributed by atoms with Crippen LogP contribution in [0.4, 0.5) is 0 Å². The Labute approximate surface area is 255 Å². The van der Waals surface area contributed by atoms with E-state index < -0.39 is 0 Å². The summed E-state index contributed by atoms with van der Waals surface area (Å²) in [7, 11) is 0. The highest BCUT2D eigenvalue weighted by atomic mass is 79.9. The number of benzene rings is 1. The van der Waals surface area contributed by atoms with Crippen molar-refractivity contribution in [1.29, 1.82) is 0 Å². The highest BCUT2D eigenvalue weighted by Gasteiger charge is 2.66. The standard InChI is InChI=1S/C33H39BrN2O4S/c1-19(2)16-36(30(38)11-6-23-14-22(34)18-41-23)26-8-7-25-27-15-24-28(39-20(3)37)9-10-29-31(24)33(25,32(26)40-29)12-13-35(27)17-21-4-5-21/h6,9-11,14,18-19,21,25-27,32H,4-5,7-8,12-13,15-17H2,1-3H3/b11-6+/t25-,26+,27+,32-,33-/m0/s1. The Morgan fingerprint density at radius 1 is 1.27 bits per heavy atom. The van der Waals surface area contributed by atoms with Crippen LogP contribution in [-0.4, -0.2) is 59.5 Å². The highest BCUT2D eigenvalue weighted by molar-refractivity contribution is 9.10. The quantitative estimate of drug-likeness (QED) is 0.189. The zero-order valence-corrected chi connectivity index (χ0v) is 26.5. The molecule has 8 heteroatoms. The molecular formula is C33H39BrN2O4S. The maximum atomic E-state index is 13.9. The van der Waals surface area contributed by atoms with Gasteiger partial charge >= 0.3 is 5.97 Å². The number of halogens is 1. The van der Waals surface area contributed by atoms with Crippen molar-refractivity contribution in [2.45, 2.75) is 82.9 Å². The average molecular weight is 640 g/mol. The van der Waals surface area contributed by atoms with Crippen molar-refractivity contribution in [3.63, 3.8) is 0 Å². The van der Waals surface area contributed by atoms with Crippen molar-refractivity contribution >= 4 is 45.2 Å².